The van der Waals surface area contributed by atoms with Crippen LogP contribution in [0.4, 0.5) is 0 Å². The maximum atomic E-state index is 12.1. The summed E-state index contributed by atoms with van der Waals surface area (Å²) in [6, 6.07) is 0.262. The van der Waals surface area contributed by atoms with Gasteiger partial charge < -0.3 is 10.4 Å². The molecule has 2 fully saturated rings. The second-order valence-corrected chi connectivity index (χ2v) is 5.51. The van der Waals surface area contributed by atoms with Crippen LogP contribution < -0.4 is 5.32 Å². The molecule has 0 aromatic heterocycles. The van der Waals surface area contributed by atoms with Crippen LogP contribution >= 0.6 is 0 Å². The highest BCUT2D eigenvalue weighted by molar-refractivity contribution is 5.85. The van der Waals surface area contributed by atoms with Gasteiger partial charge in [-0.15, -0.1) is 0 Å². The van der Waals surface area contributed by atoms with Crippen LogP contribution in [0, 0.1) is 17.8 Å². The number of hydrogen-bond donors (Lipinski definition) is 2. The summed E-state index contributed by atoms with van der Waals surface area (Å²) in [7, 11) is 0. The number of amides is 1. The average Bonchev–Trinajstić information content (AvgIpc) is 2.87. The van der Waals surface area contributed by atoms with Gasteiger partial charge in [0.2, 0.25) is 5.91 Å². The highest BCUT2D eigenvalue weighted by Crippen LogP contribution is 2.33. The van der Waals surface area contributed by atoms with Gasteiger partial charge in [0.25, 0.3) is 0 Å². The number of hydrogen-bond acceptors (Lipinski definition) is 2. The normalized spacial score (nSPS) is 37.0. The lowest BCUT2D eigenvalue weighted by Crippen LogP contribution is -2.42. The van der Waals surface area contributed by atoms with Crippen LogP contribution in [0.2, 0.25) is 0 Å². The maximum absolute atomic E-state index is 12.1. The zero-order valence-electron chi connectivity index (χ0n) is 10.3. The Kier molecular flexibility index (Phi) is 3.69. The van der Waals surface area contributed by atoms with Crippen molar-refractivity contribution in [1.82, 2.24) is 5.32 Å². The van der Waals surface area contributed by atoms with Crippen molar-refractivity contribution in [1.29, 1.82) is 0 Å². The molecule has 0 saturated heterocycles. The molecule has 4 unspecified atom stereocenters. The van der Waals surface area contributed by atoms with Gasteiger partial charge >= 0.3 is 5.97 Å². The zero-order valence-corrected chi connectivity index (χ0v) is 10.3. The minimum absolute atomic E-state index is 0.0337. The monoisotopic (exact) mass is 239 g/mol. The first kappa shape index (κ1) is 12.4. The molecule has 96 valence electrons. The van der Waals surface area contributed by atoms with E-state index < -0.39 is 11.9 Å². The summed E-state index contributed by atoms with van der Waals surface area (Å²) in [6.45, 7) is 2.15. The molecule has 4 heteroatoms. The fourth-order valence-corrected chi connectivity index (χ4v) is 3.22. The number of carboxylic acid groups (broad SMARTS) is 1. The standard InChI is InChI=1S/C13H21NO3/c1-8-4-2-7-11(8)14-12(15)9-5-3-6-10(9)13(16)17/h8-11H,2-7H2,1H3,(H,14,15)(H,16,17). The molecule has 17 heavy (non-hydrogen) atoms. The fourth-order valence-electron chi connectivity index (χ4n) is 3.22. The summed E-state index contributed by atoms with van der Waals surface area (Å²) in [5, 5.41) is 12.1. The van der Waals surface area contributed by atoms with E-state index in [9.17, 15) is 9.59 Å². The van der Waals surface area contributed by atoms with Crippen molar-refractivity contribution in [2.75, 3.05) is 0 Å². The first-order valence-corrected chi connectivity index (χ1v) is 6.62. The third-order valence-corrected chi connectivity index (χ3v) is 4.36. The average molecular weight is 239 g/mol. The number of carboxylic acids is 1. The van der Waals surface area contributed by atoms with E-state index in [0.29, 0.717) is 12.3 Å². The molecule has 2 rings (SSSR count). The lowest BCUT2D eigenvalue weighted by molar-refractivity contribution is -0.146. The highest BCUT2D eigenvalue weighted by Gasteiger charge is 2.39. The predicted octanol–water partition coefficient (Wildman–Crippen LogP) is 1.79. The fraction of sp³-hybridized carbons (Fsp3) is 0.846. The van der Waals surface area contributed by atoms with E-state index in [0.717, 1.165) is 25.7 Å². The Morgan fingerprint density at radius 2 is 1.71 bits per heavy atom. The molecule has 2 aliphatic carbocycles. The molecule has 0 heterocycles. The van der Waals surface area contributed by atoms with E-state index in [2.05, 4.69) is 12.2 Å². The number of aliphatic carboxylic acids is 1. The predicted molar refractivity (Wildman–Crippen MR) is 63.4 cm³/mol. The zero-order chi connectivity index (χ0) is 12.4. The summed E-state index contributed by atoms with van der Waals surface area (Å²) < 4.78 is 0. The Labute approximate surface area is 102 Å². The lowest BCUT2D eigenvalue weighted by Gasteiger charge is -2.21. The molecular weight excluding hydrogens is 218 g/mol. The molecule has 0 aliphatic heterocycles. The molecular formula is C13H21NO3. The van der Waals surface area contributed by atoms with Crippen LogP contribution in [0.25, 0.3) is 0 Å². The minimum atomic E-state index is -0.817. The van der Waals surface area contributed by atoms with Gasteiger partial charge in [0.05, 0.1) is 11.8 Å². The van der Waals surface area contributed by atoms with Crippen LogP contribution in [-0.4, -0.2) is 23.0 Å². The van der Waals surface area contributed by atoms with Crippen molar-refractivity contribution in [2.24, 2.45) is 17.8 Å². The largest absolute Gasteiger partial charge is 0.481 e. The van der Waals surface area contributed by atoms with Crippen LogP contribution in [-0.2, 0) is 9.59 Å². The van der Waals surface area contributed by atoms with Crippen molar-refractivity contribution in [3.05, 3.63) is 0 Å². The smallest absolute Gasteiger partial charge is 0.307 e. The molecule has 4 atom stereocenters. The Morgan fingerprint density at radius 1 is 1.06 bits per heavy atom. The Balaban J connectivity index is 1.93. The van der Waals surface area contributed by atoms with E-state index in [1.54, 1.807) is 0 Å². The van der Waals surface area contributed by atoms with Gasteiger partial charge in [0.1, 0.15) is 0 Å². The van der Waals surface area contributed by atoms with Crippen molar-refractivity contribution in [3.8, 4) is 0 Å². The molecule has 2 aliphatic rings. The lowest BCUT2D eigenvalue weighted by atomic mass is 9.94. The molecule has 2 saturated carbocycles. The molecule has 0 bridgehead atoms. The Hall–Kier alpha value is -1.06. The number of rotatable bonds is 3. The Morgan fingerprint density at radius 3 is 2.29 bits per heavy atom. The number of carbonyl (C=O) groups is 2. The quantitative estimate of drug-likeness (QED) is 0.789. The Bertz CT molecular complexity index is 316. The van der Waals surface area contributed by atoms with Crippen molar-refractivity contribution >= 4 is 11.9 Å². The van der Waals surface area contributed by atoms with Gasteiger partial charge in [0, 0.05) is 6.04 Å². The first-order chi connectivity index (χ1) is 8.09. The molecule has 4 nitrogen and oxygen atoms in total. The van der Waals surface area contributed by atoms with Gasteiger partial charge in [-0.1, -0.05) is 19.8 Å². The van der Waals surface area contributed by atoms with Crippen molar-refractivity contribution in [2.45, 2.75) is 51.5 Å². The van der Waals surface area contributed by atoms with Gasteiger partial charge in [-0.2, -0.15) is 0 Å². The van der Waals surface area contributed by atoms with Crippen LogP contribution in [0.15, 0.2) is 0 Å². The van der Waals surface area contributed by atoms with Crippen molar-refractivity contribution < 1.29 is 14.7 Å². The second-order valence-electron chi connectivity index (χ2n) is 5.51. The highest BCUT2D eigenvalue weighted by atomic mass is 16.4. The minimum Gasteiger partial charge on any atom is -0.481 e. The van der Waals surface area contributed by atoms with Crippen LogP contribution in [0.5, 0.6) is 0 Å². The third-order valence-electron chi connectivity index (χ3n) is 4.36. The van der Waals surface area contributed by atoms with Gasteiger partial charge in [-0.05, 0) is 31.6 Å². The molecule has 0 spiro atoms. The number of carbonyl (C=O) groups excluding carboxylic acids is 1. The summed E-state index contributed by atoms with van der Waals surface area (Å²) in [5.74, 6) is -1.09. The van der Waals surface area contributed by atoms with Crippen LogP contribution in [0.1, 0.15) is 45.4 Å². The maximum Gasteiger partial charge on any atom is 0.307 e. The summed E-state index contributed by atoms with van der Waals surface area (Å²) in [5.41, 5.74) is 0. The molecule has 2 N–H and O–H groups in total. The summed E-state index contributed by atoms with van der Waals surface area (Å²) >= 11 is 0. The van der Waals surface area contributed by atoms with Gasteiger partial charge in [0.15, 0.2) is 0 Å². The summed E-state index contributed by atoms with van der Waals surface area (Å²) in [6.07, 6.45) is 5.60. The van der Waals surface area contributed by atoms with Gasteiger partial charge in [-0.25, -0.2) is 0 Å². The van der Waals surface area contributed by atoms with E-state index in [1.807, 2.05) is 0 Å². The number of nitrogens with one attached hydrogen (secondary N) is 1. The van der Waals surface area contributed by atoms with Gasteiger partial charge in [-0.3, -0.25) is 9.59 Å². The molecule has 0 radical (unpaired) electrons. The SMILES string of the molecule is CC1CCCC1NC(=O)C1CCCC1C(=O)O. The van der Waals surface area contributed by atoms with Crippen molar-refractivity contribution in [3.63, 3.8) is 0 Å². The molecule has 1 amide bonds. The summed E-state index contributed by atoms with van der Waals surface area (Å²) in [4.78, 5) is 23.1. The molecule has 0 aromatic rings. The van der Waals surface area contributed by atoms with Crippen LogP contribution in [0.3, 0.4) is 0 Å². The van der Waals surface area contributed by atoms with E-state index >= 15 is 0 Å². The van der Waals surface area contributed by atoms with E-state index in [-0.39, 0.29) is 17.9 Å². The first-order valence-electron chi connectivity index (χ1n) is 6.62. The third kappa shape index (κ3) is 2.61. The molecule has 0 aromatic carbocycles. The van der Waals surface area contributed by atoms with E-state index in [4.69, 9.17) is 5.11 Å². The van der Waals surface area contributed by atoms with E-state index in [1.165, 1.54) is 6.42 Å². The second kappa shape index (κ2) is 5.07. The topological polar surface area (TPSA) is 66.4 Å².